The van der Waals surface area contributed by atoms with Crippen LogP contribution in [0.4, 0.5) is 10.7 Å². The van der Waals surface area contributed by atoms with Gasteiger partial charge in [-0.2, -0.15) is 5.26 Å². The second kappa shape index (κ2) is 6.70. The summed E-state index contributed by atoms with van der Waals surface area (Å²) in [6.45, 7) is 7.99. The summed E-state index contributed by atoms with van der Waals surface area (Å²) < 4.78 is 5.09. The molecule has 7 heteroatoms. The van der Waals surface area contributed by atoms with Crippen LogP contribution in [0.3, 0.4) is 0 Å². The molecule has 0 unspecified atom stereocenters. The zero-order chi connectivity index (χ0) is 15.2. The number of rotatable bonds is 4. The number of aromatic nitrogens is 2. The fourth-order valence-electron chi connectivity index (χ4n) is 1.36. The topological polar surface area (TPSA) is 99.9 Å². The maximum Gasteiger partial charge on any atom is 0.407 e. The van der Waals surface area contributed by atoms with E-state index < -0.39 is 11.7 Å². The molecule has 1 heterocycles. The Balaban J connectivity index is 2.37. The molecule has 0 saturated carbocycles. The molecule has 0 aromatic carbocycles. The first-order valence-electron chi connectivity index (χ1n) is 6.26. The van der Waals surface area contributed by atoms with Crippen molar-refractivity contribution in [3.8, 4) is 6.07 Å². The van der Waals surface area contributed by atoms with Crippen molar-refractivity contribution in [2.45, 2.75) is 33.3 Å². The first kappa shape index (κ1) is 15.7. The molecule has 0 aliphatic carbocycles. The second-order valence-corrected chi connectivity index (χ2v) is 5.19. The molecule has 0 atom stereocenters. The fraction of sp³-hybridized carbons (Fsp3) is 0.538. The lowest BCUT2D eigenvalue weighted by atomic mass is 10.2. The van der Waals surface area contributed by atoms with Crippen LogP contribution in [0.1, 0.15) is 32.2 Å². The quantitative estimate of drug-likeness (QED) is 0.811. The average Bonchev–Trinajstić information content (AvgIpc) is 2.32. The van der Waals surface area contributed by atoms with Gasteiger partial charge in [-0.25, -0.2) is 14.8 Å². The van der Waals surface area contributed by atoms with Gasteiger partial charge in [-0.15, -0.1) is 0 Å². The molecule has 1 amide bonds. The number of carbonyl (C=O) groups is 1. The molecular weight excluding hydrogens is 258 g/mol. The lowest BCUT2D eigenvalue weighted by Gasteiger charge is -2.19. The first-order valence-corrected chi connectivity index (χ1v) is 6.26. The van der Waals surface area contributed by atoms with Crippen LogP contribution in [0, 0.1) is 18.3 Å². The van der Waals surface area contributed by atoms with Gasteiger partial charge in [-0.3, -0.25) is 0 Å². The van der Waals surface area contributed by atoms with Gasteiger partial charge in [-0.1, -0.05) is 0 Å². The highest BCUT2D eigenvalue weighted by atomic mass is 16.6. The standard InChI is InChI=1S/C13H19N5O2/c1-9-7-10(8-14)18-11(17-9)15-5-6-16-12(19)20-13(2,3)4/h7H,5-6H2,1-4H3,(H,16,19)(H,15,17,18). The predicted molar refractivity (Wildman–Crippen MR) is 74.2 cm³/mol. The number of nitrogens with one attached hydrogen (secondary N) is 2. The Hall–Kier alpha value is -2.36. The minimum Gasteiger partial charge on any atom is -0.444 e. The van der Waals surface area contributed by atoms with E-state index in [1.54, 1.807) is 33.8 Å². The summed E-state index contributed by atoms with van der Waals surface area (Å²) in [6, 6.07) is 3.56. The maximum atomic E-state index is 11.4. The number of amides is 1. The Labute approximate surface area is 118 Å². The van der Waals surface area contributed by atoms with Gasteiger partial charge in [0.05, 0.1) is 0 Å². The SMILES string of the molecule is Cc1cc(C#N)nc(NCCNC(=O)OC(C)(C)C)n1. The van der Waals surface area contributed by atoms with E-state index >= 15 is 0 Å². The molecule has 20 heavy (non-hydrogen) atoms. The highest BCUT2D eigenvalue weighted by Crippen LogP contribution is 2.06. The predicted octanol–water partition coefficient (Wildman–Crippen LogP) is 1.59. The molecular formula is C13H19N5O2. The minimum atomic E-state index is -0.515. The number of anilines is 1. The number of aryl methyl sites for hydroxylation is 1. The van der Waals surface area contributed by atoms with E-state index in [9.17, 15) is 4.79 Å². The third kappa shape index (κ3) is 6.00. The van der Waals surface area contributed by atoms with E-state index in [2.05, 4.69) is 20.6 Å². The van der Waals surface area contributed by atoms with E-state index in [1.165, 1.54) is 0 Å². The summed E-state index contributed by atoms with van der Waals surface area (Å²) in [7, 11) is 0. The number of nitriles is 1. The molecule has 0 fully saturated rings. The Morgan fingerprint density at radius 3 is 2.70 bits per heavy atom. The third-order valence-corrected chi connectivity index (χ3v) is 2.05. The summed E-state index contributed by atoms with van der Waals surface area (Å²) >= 11 is 0. The minimum absolute atomic E-state index is 0.306. The van der Waals surface area contributed by atoms with Gasteiger partial charge in [-0.05, 0) is 33.8 Å². The summed E-state index contributed by atoms with van der Waals surface area (Å²) in [6.07, 6.45) is -0.470. The van der Waals surface area contributed by atoms with Gasteiger partial charge in [0.25, 0.3) is 0 Å². The lowest BCUT2D eigenvalue weighted by molar-refractivity contribution is 0.0530. The Bertz CT molecular complexity index is 516. The molecule has 0 saturated heterocycles. The molecule has 1 aromatic rings. The van der Waals surface area contributed by atoms with E-state index in [1.807, 2.05) is 6.07 Å². The van der Waals surface area contributed by atoms with Gasteiger partial charge in [0.15, 0.2) is 0 Å². The van der Waals surface area contributed by atoms with Crippen LogP contribution >= 0.6 is 0 Å². The van der Waals surface area contributed by atoms with Crippen molar-refractivity contribution in [3.05, 3.63) is 17.5 Å². The number of alkyl carbamates (subject to hydrolysis) is 1. The number of nitrogens with zero attached hydrogens (tertiary/aromatic N) is 3. The Morgan fingerprint density at radius 1 is 1.40 bits per heavy atom. The molecule has 1 aromatic heterocycles. The largest absolute Gasteiger partial charge is 0.444 e. The molecule has 7 nitrogen and oxygen atoms in total. The average molecular weight is 277 g/mol. The number of carbonyl (C=O) groups excluding carboxylic acids is 1. The summed E-state index contributed by atoms with van der Waals surface area (Å²) in [4.78, 5) is 19.5. The molecule has 0 aliphatic rings. The Morgan fingerprint density at radius 2 is 2.10 bits per heavy atom. The van der Waals surface area contributed by atoms with Crippen LogP contribution in [-0.2, 0) is 4.74 Å². The Kier molecular flexibility index (Phi) is 5.26. The van der Waals surface area contributed by atoms with Crippen molar-refractivity contribution >= 4 is 12.0 Å². The number of ether oxygens (including phenoxy) is 1. The highest BCUT2D eigenvalue weighted by molar-refractivity contribution is 5.67. The van der Waals surface area contributed by atoms with Gasteiger partial charge in [0.2, 0.25) is 5.95 Å². The second-order valence-electron chi connectivity index (χ2n) is 5.19. The molecule has 0 radical (unpaired) electrons. The van der Waals surface area contributed by atoms with Gasteiger partial charge in [0, 0.05) is 18.8 Å². The molecule has 0 aliphatic heterocycles. The van der Waals surface area contributed by atoms with Crippen molar-refractivity contribution in [2.75, 3.05) is 18.4 Å². The molecule has 2 N–H and O–H groups in total. The normalized spacial score (nSPS) is 10.6. The van der Waals surface area contributed by atoms with E-state index in [0.29, 0.717) is 30.4 Å². The zero-order valence-electron chi connectivity index (χ0n) is 12.1. The molecule has 108 valence electrons. The van der Waals surface area contributed by atoms with Crippen LogP contribution in [-0.4, -0.2) is 34.8 Å². The van der Waals surface area contributed by atoms with Crippen LogP contribution in [0.2, 0.25) is 0 Å². The van der Waals surface area contributed by atoms with E-state index in [-0.39, 0.29) is 0 Å². The number of hydrogen-bond acceptors (Lipinski definition) is 6. The fourth-order valence-corrected chi connectivity index (χ4v) is 1.36. The summed E-state index contributed by atoms with van der Waals surface area (Å²) in [5, 5.41) is 14.3. The monoisotopic (exact) mass is 277 g/mol. The summed E-state index contributed by atoms with van der Waals surface area (Å²) in [5.41, 5.74) is 0.498. The van der Waals surface area contributed by atoms with E-state index in [4.69, 9.17) is 10.00 Å². The summed E-state index contributed by atoms with van der Waals surface area (Å²) in [5.74, 6) is 0.368. The van der Waals surface area contributed by atoms with Crippen LogP contribution in [0.25, 0.3) is 0 Å². The van der Waals surface area contributed by atoms with Gasteiger partial charge in [0.1, 0.15) is 17.4 Å². The molecule has 0 spiro atoms. The molecule has 0 bridgehead atoms. The highest BCUT2D eigenvalue weighted by Gasteiger charge is 2.15. The van der Waals surface area contributed by atoms with Crippen LogP contribution < -0.4 is 10.6 Å². The van der Waals surface area contributed by atoms with Gasteiger partial charge >= 0.3 is 6.09 Å². The third-order valence-electron chi connectivity index (χ3n) is 2.05. The smallest absolute Gasteiger partial charge is 0.407 e. The maximum absolute atomic E-state index is 11.4. The number of hydrogen-bond donors (Lipinski definition) is 2. The zero-order valence-corrected chi connectivity index (χ0v) is 12.1. The lowest BCUT2D eigenvalue weighted by Crippen LogP contribution is -2.35. The van der Waals surface area contributed by atoms with Gasteiger partial charge < -0.3 is 15.4 Å². The van der Waals surface area contributed by atoms with Crippen molar-refractivity contribution < 1.29 is 9.53 Å². The van der Waals surface area contributed by atoms with Crippen LogP contribution in [0.15, 0.2) is 6.07 Å². The van der Waals surface area contributed by atoms with Crippen molar-refractivity contribution in [1.82, 2.24) is 15.3 Å². The van der Waals surface area contributed by atoms with Crippen molar-refractivity contribution in [1.29, 1.82) is 5.26 Å². The first-order chi connectivity index (χ1) is 9.30. The van der Waals surface area contributed by atoms with E-state index in [0.717, 1.165) is 0 Å². The van der Waals surface area contributed by atoms with Crippen molar-refractivity contribution in [3.63, 3.8) is 0 Å². The van der Waals surface area contributed by atoms with Crippen LogP contribution in [0.5, 0.6) is 0 Å². The van der Waals surface area contributed by atoms with Crippen molar-refractivity contribution in [2.24, 2.45) is 0 Å². The molecule has 1 rings (SSSR count).